The topological polar surface area (TPSA) is 53.7 Å². The first-order valence-electron chi connectivity index (χ1n) is 8.76. The summed E-state index contributed by atoms with van der Waals surface area (Å²) in [6.45, 7) is 1.35. The van der Waals surface area contributed by atoms with Crippen molar-refractivity contribution in [1.29, 1.82) is 0 Å². The van der Waals surface area contributed by atoms with E-state index in [0.29, 0.717) is 25.3 Å². The van der Waals surface area contributed by atoms with Crippen molar-refractivity contribution >= 4 is 17.7 Å². The normalized spacial score (nSPS) is 16.8. The zero-order valence-corrected chi connectivity index (χ0v) is 15.4. The van der Waals surface area contributed by atoms with E-state index in [1.807, 2.05) is 47.6 Å². The number of aliphatic hydroxyl groups excluding tert-OH is 1. The van der Waals surface area contributed by atoms with E-state index >= 15 is 0 Å². The third-order valence-corrected chi connectivity index (χ3v) is 5.39. The molecule has 2 heterocycles. The molecular formula is C20H25NO3S. The molecule has 4 nitrogen and oxygen atoms in total. The number of nitrogens with zero attached hydrogens (tertiary/aromatic N) is 1. The molecule has 1 aromatic heterocycles. The summed E-state index contributed by atoms with van der Waals surface area (Å²) in [5.41, 5.74) is 1.16. The number of carbonyl (C=O) groups excluding carboxylic acids is 1. The summed E-state index contributed by atoms with van der Waals surface area (Å²) >= 11 is 1.67. The van der Waals surface area contributed by atoms with Crippen LogP contribution < -0.4 is 0 Å². The fourth-order valence-electron chi connectivity index (χ4n) is 3.38. The maximum atomic E-state index is 12.5. The summed E-state index contributed by atoms with van der Waals surface area (Å²) in [6, 6.07) is 13.7. The molecule has 25 heavy (non-hydrogen) atoms. The van der Waals surface area contributed by atoms with E-state index in [2.05, 4.69) is 0 Å². The number of piperidine rings is 1. The summed E-state index contributed by atoms with van der Waals surface area (Å²) in [6.07, 6.45) is 4.00. The summed E-state index contributed by atoms with van der Waals surface area (Å²) in [5, 5.41) is 10.5. The van der Waals surface area contributed by atoms with Crippen LogP contribution in [0.5, 0.6) is 0 Å². The van der Waals surface area contributed by atoms with Gasteiger partial charge in [0.05, 0.1) is 11.9 Å². The molecule has 1 aliphatic rings. The van der Waals surface area contributed by atoms with Gasteiger partial charge in [-0.1, -0.05) is 30.3 Å². The van der Waals surface area contributed by atoms with E-state index in [1.54, 1.807) is 17.8 Å². The van der Waals surface area contributed by atoms with Crippen molar-refractivity contribution in [2.45, 2.75) is 31.1 Å². The number of hydrogen-bond donors (Lipinski definition) is 1. The summed E-state index contributed by atoms with van der Waals surface area (Å²) in [4.78, 5) is 14.4. The maximum Gasteiger partial charge on any atom is 0.289 e. The number of hydrogen-bond acceptors (Lipinski definition) is 4. The van der Waals surface area contributed by atoms with Gasteiger partial charge in [0.1, 0.15) is 5.76 Å². The average molecular weight is 359 g/mol. The number of thioether (sulfide) groups is 1. The minimum absolute atomic E-state index is 0.0386. The molecule has 3 rings (SSSR count). The van der Waals surface area contributed by atoms with Gasteiger partial charge < -0.3 is 14.4 Å². The van der Waals surface area contributed by atoms with Crippen LogP contribution in [-0.2, 0) is 12.2 Å². The highest BCUT2D eigenvalue weighted by Gasteiger charge is 2.29. The zero-order chi connectivity index (χ0) is 17.6. The zero-order valence-electron chi connectivity index (χ0n) is 14.6. The van der Waals surface area contributed by atoms with E-state index < -0.39 is 0 Å². The van der Waals surface area contributed by atoms with Crippen LogP contribution in [0.25, 0.3) is 0 Å². The van der Waals surface area contributed by atoms with E-state index in [1.165, 1.54) is 0 Å². The Balaban J connectivity index is 1.51. The van der Waals surface area contributed by atoms with Crippen LogP contribution >= 0.6 is 11.8 Å². The van der Waals surface area contributed by atoms with E-state index in [9.17, 15) is 9.90 Å². The third-order valence-electron chi connectivity index (χ3n) is 4.82. The molecule has 0 saturated carbocycles. The van der Waals surface area contributed by atoms with Gasteiger partial charge in [0.2, 0.25) is 0 Å². The Bertz CT molecular complexity index is 677. The second-order valence-electron chi connectivity index (χ2n) is 6.59. The maximum absolute atomic E-state index is 12.5. The third kappa shape index (κ3) is 4.67. The predicted molar refractivity (Wildman–Crippen MR) is 101 cm³/mol. The fraction of sp³-hybridized carbons (Fsp3) is 0.450. The molecule has 1 amide bonds. The quantitative estimate of drug-likeness (QED) is 0.856. The molecule has 0 radical (unpaired) electrons. The van der Waals surface area contributed by atoms with Crippen LogP contribution in [0.15, 0.2) is 46.9 Å². The van der Waals surface area contributed by atoms with Gasteiger partial charge in [0, 0.05) is 13.1 Å². The molecule has 0 unspecified atom stereocenters. The van der Waals surface area contributed by atoms with Crippen LogP contribution in [0.1, 0.15) is 34.7 Å². The van der Waals surface area contributed by atoms with Gasteiger partial charge in [-0.25, -0.2) is 0 Å². The lowest BCUT2D eigenvalue weighted by Gasteiger charge is -2.34. The van der Waals surface area contributed by atoms with Crippen LogP contribution in [-0.4, -0.2) is 41.4 Å². The Morgan fingerprint density at radius 2 is 1.96 bits per heavy atom. The lowest BCUT2D eigenvalue weighted by Crippen LogP contribution is -2.41. The standard InChI is InChI=1S/C20H25NO3S/c1-25-14-17-7-8-19(24-17)20(23)21-11-9-16(10-12-21)18(22)13-15-5-3-2-4-6-15/h2-8,16,18,22H,9-14H2,1H3/t18-/m1/s1. The first-order chi connectivity index (χ1) is 12.2. The van der Waals surface area contributed by atoms with Gasteiger partial charge >= 0.3 is 0 Å². The molecule has 2 aromatic rings. The van der Waals surface area contributed by atoms with Gasteiger partial charge in [-0.3, -0.25) is 4.79 Å². The number of rotatable bonds is 6. The number of aliphatic hydroxyl groups is 1. The van der Waals surface area contributed by atoms with Crippen molar-refractivity contribution in [3.63, 3.8) is 0 Å². The first-order valence-corrected chi connectivity index (χ1v) is 10.2. The Kier molecular flexibility index (Phi) is 6.21. The van der Waals surface area contributed by atoms with Crippen LogP contribution in [0, 0.1) is 5.92 Å². The summed E-state index contributed by atoms with van der Waals surface area (Å²) in [7, 11) is 0. The van der Waals surface area contributed by atoms with Gasteiger partial charge in [0.25, 0.3) is 5.91 Å². The Hall–Kier alpha value is -1.72. The average Bonchev–Trinajstić information content (AvgIpc) is 3.11. The van der Waals surface area contributed by atoms with Gasteiger partial charge in [-0.2, -0.15) is 11.8 Å². The molecule has 1 aromatic carbocycles. The number of benzene rings is 1. The SMILES string of the molecule is CSCc1ccc(C(=O)N2CCC([C@H](O)Cc3ccccc3)CC2)o1. The van der Waals surface area contributed by atoms with Crippen molar-refractivity contribution in [3.05, 3.63) is 59.5 Å². The Morgan fingerprint density at radius 3 is 2.64 bits per heavy atom. The molecule has 1 saturated heterocycles. The highest BCUT2D eigenvalue weighted by molar-refractivity contribution is 7.97. The summed E-state index contributed by atoms with van der Waals surface area (Å²) in [5.74, 6) is 2.24. The second kappa shape index (κ2) is 8.59. The highest BCUT2D eigenvalue weighted by atomic mass is 32.2. The van der Waals surface area contributed by atoms with Crippen LogP contribution in [0.3, 0.4) is 0 Å². The molecule has 134 valence electrons. The molecule has 1 atom stereocenters. The molecule has 1 fully saturated rings. The fourth-order valence-corrected chi connectivity index (χ4v) is 3.82. The lowest BCUT2D eigenvalue weighted by molar-refractivity contribution is 0.0447. The first kappa shape index (κ1) is 18.1. The molecule has 1 aliphatic heterocycles. The van der Waals surface area contributed by atoms with Crippen molar-refractivity contribution in [2.75, 3.05) is 19.3 Å². The Morgan fingerprint density at radius 1 is 1.24 bits per heavy atom. The van der Waals surface area contributed by atoms with Crippen LogP contribution in [0.2, 0.25) is 0 Å². The van der Waals surface area contributed by atoms with Crippen LogP contribution in [0.4, 0.5) is 0 Å². The monoisotopic (exact) mass is 359 g/mol. The van der Waals surface area contributed by atoms with E-state index in [0.717, 1.165) is 29.9 Å². The number of likely N-dealkylation sites (tertiary alicyclic amines) is 1. The van der Waals surface area contributed by atoms with E-state index in [-0.39, 0.29) is 17.9 Å². The van der Waals surface area contributed by atoms with Gasteiger partial charge in [-0.15, -0.1) is 0 Å². The molecule has 0 spiro atoms. The van der Waals surface area contributed by atoms with Crippen molar-refractivity contribution in [1.82, 2.24) is 4.90 Å². The minimum atomic E-state index is -0.351. The number of amides is 1. The summed E-state index contributed by atoms with van der Waals surface area (Å²) < 4.78 is 5.63. The molecule has 0 aliphatic carbocycles. The van der Waals surface area contributed by atoms with Crippen molar-refractivity contribution < 1.29 is 14.3 Å². The smallest absolute Gasteiger partial charge is 0.289 e. The van der Waals surface area contributed by atoms with Crippen molar-refractivity contribution in [2.24, 2.45) is 5.92 Å². The van der Waals surface area contributed by atoms with Crippen molar-refractivity contribution in [3.8, 4) is 0 Å². The second-order valence-corrected chi connectivity index (χ2v) is 7.45. The molecule has 1 N–H and O–H groups in total. The van der Waals surface area contributed by atoms with Gasteiger partial charge in [0.15, 0.2) is 5.76 Å². The number of furan rings is 1. The molecule has 0 bridgehead atoms. The molecular weight excluding hydrogens is 334 g/mol. The molecule has 5 heteroatoms. The Labute approximate surface area is 153 Å². The van der Waals surface area contributed by atoms with E-state index in [4.69, 9.17) is 4.42 Å². The largest absolute Gasteiger partial charge is 0.455 e. The predicted octanol–water partition coefficient (Wildman–Crippen LogP) is 3.60. The lowest BCUT2D eigenvalue weighted by atomic mass is 9.88. The highest BCUT2D eigenvalue weighted by Crippen LogP contribution is 2.25. The van der Waals surface area contributed by atoms with Gasteiger partial charge in [-0.05, 0) is 49.1 Å². The minimum Gasteiger partial charge on any atom is -0.455 e. The number of carbonyl (C=O) groups is 1.